The van der Waals surface area contributed by atoms with E-state index in [2.05, 4.69) is 10.3 Å². The van der Waals surface area contributed by atoms with E-state index in [-0.39, 0.29) is 17.7 Å². The fourth-order valence-corrected chi connectivity index (χ4v) is 6.68. The van der Waals surface area contributed by atoms with Crippen LogP contribution in [-0.2, 0) is 30.7 Å². The summed E-state index contributed by atoms with van der Waals surface area (Å²) in [5.74, 6) is -0.0938. The normalized spacial score (nSPS) is 13.6. The van der Waals surface area contributed by atoms with Crippen LogP contribution in [0.3, 0.4) is 0 Å². The predicted octanol–water partition coefficient (Wildman–Crippen LogP) is 6.41. The van der Waals surface area contributed by atoms with Gasteiger partial charge in [-0.2, -0.15) is 0 Å². The highest BCUT2D eigenvalue weighted by molar-refractivity contribution is 5.95. The van der Waals surface area contributed by atoms with Crippen molar-refractivity contribution >= 4 is 45.3 Å². The summed E-state index contributed by atoms with van der Waals surface area (Å²) >= 11 is 0. The van der Waals surface area contributed by atoms with Gasteiger partial charge in [0.25, 0.3) is 0 Å². The number of imidazole rings is 3. The topological polar surface area (TPSA) is 121 Å². The lowest BCUT2D eigenvalue weighted by molar-refractivity contribution is -0.114. The molecule has 51 heavy (non-hydrogen) atoms. The van der Waals surface area contributed by atoms with Crippen molar-refractivity contribution in [1.82, 2.24) is 33.1 Å². The number of rotatable bonds is 5. The van der Waals surface area contributed by atoms with E-state index in [1.807, 2.05) is 55.2 Å². The van der Waals surface area contributed by atoms with Gasteiger partial charge in [-0.15, -0.1) is 0 Å². The van der Waals surface area contributed by atoms with E-state index in [1.54, 1.807) is 71.0 Å². The molecule has 12 nitrogen and oxygen atoms in total. The molecule has 4 heterocycles. The fraction of sp³-hybridized carbons (Fsp3) is 0.289. The van der Waals surface area contributed by atoms with Crippen molar-refractivity contribution in [3.63, 3.8) is 0 Å². The highest BCUT2D eigenvalue weighted by Gasteiger charge is 2.27. The Bertz CT molecular complexity index is 2460. The fourth-order valence-electron chi connectivity index (χ4n) is 6.68. The number of hydrogen-bond acceptors (Lipinski definition) is 6. The molecule has 0 saturated heterocycles. The second kappa shape index (κ2) is 12.4. The number of anilines is 1. The molecular weight excluding hydrogens is 651 g/mol. The van der Waals surface area contributed by atoms with Gasteiger partial charge in [0.05, 0.1) is 40.3 Å². The quantitative estimate of drug-likeness (QED) is 0.223. The summed E-state index contributed by atoms with van der Waals surface area (Å²) in [5, 5.41) is 2.74. The van der Waals surface area contributed by atoms with Gasteiger partial charge in [-0.3, -0.25) is 18.5 Å². The lowest BCUT2D eigenvalue weighted by Crippen LogP contribution is -2.39. The molecule has 0 unspecified atom stereocenters. The average molecular weight is 691 g/mol. The number of ether oxygens (including phenoxy) is 1. The van der Waals surface area contributed by atoms with Crippen molar-refractivity contribution in [2.75, 3.05) is 18.4 Å². The van der Waals surface area contributed by atoms with Gasteiger partial charge >= 0.3 is 11.8 Å². The first-order chi connectivity index (χ1) is 24.2. The summed E-state index contributed by atoms with van der Waals surface area (Å²) in [6, 6.07) is 14.1. The molecule has 0 atom stereocenters. The lowest BCUT2D eigenvalue weighted by atomic mass is 9.97. The Hall–Kier alpha value is -5.98. The van der Waals surface area contributed by atoms with Crippen molar-refractivity contribution in [3.8, 4) is 28.3 Å². The summed E-state index contributed by atoms with van der Waals surface area (Å²) in [4.78, 5) is 48.7. The molecule has 13 heteroatoms. The molecule has 1 aliphatic rings. The maximum Gasteiger partial charge on any atom is 0.410 e. The monoisotopic (exact) mass is 690 g/mol. The number of hydrogen-bond donors (Lipinski definition) is 1. The van der Waals surface area contributed by atoms with Crippen LogP contribution >= 0.6 is 0 Å². The number of benzene rings is 3. The summed E-state index contributed by atoms with van der Waals surface area (Å²) in [5.41, 5.74) is 6.55. The van der Waals surface area contributed by atoms with E-state index in [0.29, 0.717) is 70.1 Å². The number of aryl methyl sites for hydroxylation is 3. The Kier molecular flexibility index (Phi) is 8.16. The molecule has 7 rings (SSSR count). The summed E-state index contributed by atoms with van der Waals surface area (Å²) in [7, 11) is 5.35. The molecule has 0 bridgehead atoms. The van der Waals surface area contributed by atoms with Crippen LogP contribution in [0.2, 0.25) is 0 Å². The number of carbonyl (C=O) groups excluding carboxylic acids is 2. The maximum atomic E-state index is 16.2. The first-order valence-electron chi connectivity index (χ1n) is 16.6. The number of fused-ring (bicyclic) bond motifs is 2. The molecule has 0 saturated carbocycles. The number of aromatic nitrogens is 6. The maximum absolute atomic E-state index is 16.2. The molecule has 0 radical (unpaired) electrons. The molecular formula is C38H39FN8O4. The van der Waals surface area contributed by atoms with Crippen molar-refractivity contribution in [3.05, 3.63) is 89.0 Å². The number of nitrogens with one attached hydrogen (secondary N) is 1. The van der Waals surface area contributed by atoms with Crippen molar-refractivity contribution in [2.45, 2.75) is 39.7 Å². The number of carbonyl (C=O) groups is 2. The van der Waals surface area contributed by atoms with Crippen LogP contribution in [-0.4, -0.2) is 63.8 Å². The van der Waals surface area contributed by atoms with Crippen LogP contribution in [0.25, 0.3) is 56.0 Å². The highest BCUT2D eigenvalue weighted by Crippen LogP contribution is 2.37. The average Bonchev–Trinajstić information content (AvgIpc) is 3.73. The van der Waals surface area contributed by atoms with E-state index in [0.717, 1.165) is 16.7 Å². The largest absolute Gasteiger partial charge is 0.444 e. The summed E-state index contributed by atoms with van der Waals surface area (Å²) in [6.07, 6.45) is 5.56. The Morgan fingerprint density at radius 1 is 0.961 bits per heavy atom. The SMILES string of the molecule is CC(=O)Nc1ccc(-c2cc3nc(-c4cncn4C)n(-c4cc(C5=CCN(C(=O)OC(C)(C)C)CC5)c5c(c4)n(C)c(=O)n5C)c3cc2F)cc1. The first kappa shape index (κ1) is 33.5. The van der Waals surface area contributed by atoms with Crippen molar-refractivity contribution in [2.24, 2.45) is 21.1 Å². The number of nitrogens with zero attached hydrogens (tertiary/aromatic N) is 7. The standard InChI is InChI=1S/C38H39FN8O4/c1-22(48)41-25-10-8-23(9-11-25)27-18-30-31(19-29(27)39)47(35(42-30)33-20-40-21-43(33)5)26-16-28(34-32(17-26)44(6)36(49)45(34)7)24-12-14-46(15-13-24)37(50)51-38(2,3)4/h8-12,16-21H,13-15H2,1-7H3,(H,41,48). The van der Waals surface area contributed by atoms with Crippen LogP contribution in [0.4, 0.5) is 14.9 Å². The third-order valence-corrected chi connectivity index (χ3v) is 9.12. The molecule has 2 amide bonds. The third kappa shape index (κ3) is 6.08. The van der Waals surface area contributed by atoms with Gasteiger partial charge in [0.2, 0.25) is 5.91 Å². The minimum absolute atomic E-state index is 0.183. The summed E-state index contributed by atoms with van der Waals surface area (Å²) in [6.45, 7) is 7.75. The summed E-state index contributed by atoms with van der Waals surface area (Å²) < 4.78 is 28.7. The van der Waals surface area contributed by atoms with Gasteiger partial charge in [-0.25, -0.2) is 23.9 Å². The zero-order chi connectivity index (χ0) is 36.4. The van der Waals surface area contributed by atoms with Crippen molar-refractivity contribution < 1.29 is 18.7 Å². The Labute approximate surface area is 293 Å². The molecule has 262 valence electrons. The van der Waals surface area contributed by atoms with E-state index in [4.69, 9.17) is 9.72 Å². The van der Waals surface area contributed by atoms with Crippen LogP contribution in [0, 0.1) is 5.82 Å². The third-order valence-electron chi connectivity index (χ3n) is 9.12. The Morgan fingerprint density at radius 3 is 2.33 bits per heavy atom. The molecule has 0 spiro atoms. The second-order valence-electron chi connectivity index (χ2n) is 13.9. The lowest BCUT2D eigenvalue weighted by Gasteiger charge is -2.30. The molecule has 6 aromatic rings. The van der Waals surface area contributed by atoms with Gasteiger partial charge in [0.15, 0.2) is 5.82 Å². The van der Waals surface area contributed by atoms with Gasteiger partial charge in [-0.05, 0) is 68.7 Å². The Balaban J connectivity index is 1.41. The van der Waals surface area contributed by atoms with E-state index < -0.39 is 11.4 Å². The Morgan fingerprint density at radius 2 is 1.71 bits per heavy atom. The zero-order valence-corrected chi connectivity index (χ0v) is 29.6. The number of amides is 2. The molecule has 0 aliphatic carbocycles. The minimum Gasteiger partial charge on any atom is -0.444 e. The molecule has 3 aromatic heterocycles. The minimum atomic E-state index is -0.609. The molecule has 1 N–H and O–H groups in total. The highest BCUT2D eigenvalue weighted by atomic mass is 19.1. The first-order valence-corrected chi connectivity index (χ1v) is 16.6. The van der Waals surface area contributed by atoms with Crippen LogP contribution in [0.15, 0.2) is 71.9 Å². The smallest absolute Gasteiger partial charge is 0.410 e. The molecule has 0 fully saturated rings. The second-order valence-corrected chi connectivity index (χ2v) is 13.9. The molecule has 1 aliphatic heterocycles. The van der Waals surface area contributed by atoms with E-state index >= 15 is 4.39 Å². The number of halogens is 1. The van der Waals surface area contributed by atoms with Gasteiger partial charge in [0.1, 0.15) is 17.1 Å². The zero-order valence-electron chi connectivity index (χ0n) is 29.6. The van der Waals surface area contributed by atoms with E-state index in [9.17, 15) is 14.4 Å². The van der Waals surface area contributed by atoms with Crippen LogP contribution in [0.1, 0.15) is 39.7 Å². The van der Waals surface area contributed by atoms with Crippen molar-refractivity contribution in [1.29, 1.82) is 0 Å². The molecule has 3 aromatic carbocycles. The van der Waals surface area contributed by atoms with Gasteiger partial charge in [0, 0.05) is 64.0 Å². The van der Waals surface area contributed by atoms with E-state index in [1.165, 1.54) is 13.0 Å². The van der Waals surface area contributed by atoms with Crippen LogP contribution < -0.4 is 11.0 Å². The van der Waals surface area contributed by atoms with Crippen LogP contribution in [0.5, 0.6) is 0 Å². The van der Waals surface area contributed by atoms with Gasteiger partial charge in [-0.1, -0.05) is 18.2 Å². The van der Waals surface area contributed by atoms with Gasteiger partial charge < -0.3 is 19.5 Å². The predicted molar refractivity (Wildman–Crippen MR) is 195 cm³/mol.